The monoisotopic (exact) mass is 393 g/mol. The number of anilines is 1. The van der Waals surface area contributed by atoms with Gasteiger partial charge in [-0.15, -0.1) is 0 Å². The molecule has 2 heterocycles. The number of carbonyl (C=O) groups is 1. The molecule has 0 unspecified atom stereocenters. The zero-order chi connectivity index (χ0) is 19.3. The molecule has 5 nitrogen and oxygen atoms in total. The average molecular weight is 394 g/mol. The van der Waals surface area contributed by atoms with Crippen LogP contribution in [0.5, 0.6) is 11.6 Å². The van der Waals surface area contributed by atoms with Crippen LogP contribution in [-0.2, 0) is 0 Å². The first-order valence-corrected chi connectivity index (χ1v) is 9.55. The number of aromatic nitrogens is 1. The summed E-state index contributed by atoms with van der Waals surface area (Å²) in [6.45, 7) is 2.87. The van der Waals surface area contributed by atoms with Gasteiger partial charge < -0.3 is 14.5 Å². The molecule has 0 atom stereocenters. The lowest BCUT2D eigenvalue weighted by Gasteiger charge is -2.36. The van der Waals surface area contributed by atoms with Crippen LogP contribution in [0.15, 0.2) is 72.9 Å². The van der Waals surface area contributed by atoms with Gasteiger partial charge in [0.1, 0.15) is 5.75 Å². The zero-order valence-electron chi connectivity index (χ0n) is 15.3. The number of rotatable bonds is 4. The van der Waals surface area contributed by atoms with Crippen LogP contribution in [0.1, 0.15) is 10.4 Å². The Kier molecular flexibility index (Phi) is 5.44. The van der Waals surface area contributed by atoms with Gasteiger partial charge in [0.15, 0.2) is 0 Å². The third-order valence-corrected chi connectivity index (χ3v) is 4.92. The molecule has 1 aliphatic rings. The smallest absolute Gasteiger partial charge is 0.254 e. The van der Waals surface area contributed by atoms with Crippen LogP contribution in [0.3, 0.4) is 0 Å². The minimum atomic E-state index is 0.0113. The lowest BCUT2D eigenvalue weighted by molar-refractivity contribution is 0.0746. The minimum Gasteiger partial charge on any atom is -0.439 e. The molecule has 0 saturated carbocycles. The molecule has 0 bridgehead atoms. The molecule has 0 N–H and O–H groups in total. The normalized spacial score (nSPS) is 14.0. The zero-order valence-corrected chi connectivity index (χ0v) is 16.0. The Morgan fingerprint density at radius 3 is 2.50 bits per heavy atom. The molecule has 1 aliphatic heterocycles. The number of halogens is 1. The third kappa shape index (κ3) is 4.26. The van der Waals surface area contributed by atoms with Crippen molar-refractivity contribution < 1.29 is 9.53 Å². The Morgan fingerprint density at radius 2 is 1.75 bits per heavy atom. The predicted molar refractivity (Wildman–Crippen MR) is 110 cm³/mol. The van der Waals surface area contributed by atoms with E-state index in [9.17, 15) is 4.79 Å². The highest BCUT2D eigenvalue weighted by Crippen LogP contribution is 2.23. The summed E-state index contributed by atoms with van der Waals surface area (Å²) in [4.78, 5) is 21.2. The SMILES string of the molecule is O=C(c1cccc(Oc2ccccn2)c1)N1CCN(c2cccc(Cl)c2)CC1. The Bertz CT molecular complexity index is 957. The molecular weight excluding hydrogens is 374 g/mol. The second kappa shape index (κ2) is 8.31. The summed E-state index contributed by atoms with van der Waals surface area (Å²) in [5.41, 5.74) is 1.70. The lowest BCUT2D eigenvalue weighted by atomic mass is 10.1. The molecule has 3 aromatic rings. The quantitative estimate of drug-likeness (QED) is 0.655. The fraction of sp³-hybridized carbons (Fsp3) is 0.182. The number of hydrogen-bond acceptors (Lipinski definition) is 4. The summed E-state index contributed by atoms with van der Waals surface area (Å²) in [6.07, 6.45) is 1.67. The maximum atomic E-state index is 12.9. The number of nitrogens with zero attached hydrogens (tertiary/aromatic N) is 3. The maximum Gasteiger partial charge on any atom is 0.254 e. The lowest BCUT2D eigenvalue weighted by Crippen LogP contribution is -2.48. The van der Waals surface area contributed by atoms with Gasteiger partial charge >= 0.3 is 0 Å². The molecule has 4 rings (SSSR count). The van der Waals surface area contributed by atoms with Gasteiger partial charge in [-0.25, -0.2) is 4.98 Å². The summed E-state index contributed by atoms with van der Waals surface area (Å²) in [6, 6.07) is 20.5. The number of benzene rings is 2. The van der Waals surface area contributed by atoms with E-state index in [-0.39, 0.29) is 5.91 Å². The van der Waals surface area contributed by atoms with Crippen LogP contribution in [-0.4, -0.2) is 42.0 Å². The van der Waals surface area contributed by atoms with E-state index in [4.69, 9.17) is 16.3 Å². The fourth-order valence-electron chi connectivity index (χ4n) is 3.24. The van der Waals surface area contributed by atoms with Crippen molar-refractivity contribution in [2.45, 2.75) is 0 Å². The molecule has 2 aromatic carbocycles. The van der Waals surface area contributed by atoms with E-state index in [1.165, 1.54) is 0 Å². The van der Waals surface area contributed by atoms with Gasteiger partial charge in [-0.05, 0) is 42.5 Å². The van der Waals surface area contributed by atoms with Crippen molar-refractivity contribution in [2.24, 2.45) is 0 Å². The first kappa shape index (κ1) is 18.3. The summed E-state index contributed by atoms with van der Waals surface area (Å²) in [5, 5.41) is 0.723. The highest BCUT2D eigenvalue weighted by Gasteiger charge is 2.22. The van der Waals surface area contributed by atoms with Crippen molar-refractivity contribution in [3.05, 3.63) is 83.5 Å². The Morgan fingerprint density at radius 1 is 0.929 bits per heavy atom. The maximum absolute atomic E-state index is 12.9. The molecule has 142 valence electrons. The molecule has 1 aromatic heterocycles. The number of piperazine rings is 1. The number of hydrogen-bond donors (Lipinski definition) is 0. The largest absolute Gasteiger partial charge is 0.439 e. The predicted octanol–water partition coefficient (Wildman–Crippen LogP) is 4.49. The molecule has 28 heavy (non-hydrogen) atoms. The van der Waals surface area contributed by atoms with Crippen LogP contribution < -0.4 is 9.64 Å². The molecule has 0 spiro atoms. The Hall–Kier alpha value is -3.05. The van der Waals surface area contributed by atoms with E-state index in [0.29, 0.717) is 30.3 Å². The number of amides is 1. The van der Waals surface area contributed by atoms with E-state index >= 15 is 0 Å². The van der Waals surface area contributed by atoms with Crippen LogP contribution in [0.4, 0.5) is 5.69 Å². The van der Waals surface area contributed by atoms with Crippen LogP contribution >= 0.6 is 11.6 Å². The highest BCUT2D eigenvalue weighted by atomic mass is 35.5. The second-order valence-electron chi connectivity index (χ2n) is 6.56. The summed E-state index contributed by atoms with van der Waals surface area (Å²) >= 11 is 6.09. The number of carbonyl (C=O) groups excluding carboxylic acids is 1. The average Bonchev–Trinajstić information content (AvgIpc) is 2.74. The van der Waals surface area contributed by atoms with Gasteiger partial charge in [0.2, 0.25) is 5.88 Å². The number of pyridine rings is 1. The van der Waals surface area contributed by atoms with Gasteiger partial charge in [0.05, 0.1) is 0 Å². The van der Waals surface area contributed by atoms with Gasteiger partial charge in [0.25, 0.3) is 5.91 Å². The van der Waals surface area contributed by atoms with E-state index < -0.39 is 0 Å². The van der Waals surface area contributed by atoms with Crippen LogP contribution in [0.25, 0.3) is 0 Å². The first-order chi connectivity index (χ1) is 13.7. The summed E-state index contributed by atoms with van der Waals surface area (Å²) in [7, 11) is 0. The third-order valence-electron chi connectivity index (χ3n) is 4.68. The number of ether oxygens (including phenoxy) is 1. The van der Waals surface area contributed by atoms with E-state index in [1.807, 2.05) is 59.5 Å². The molecule has 0 radical (unpaired) electrons. The Labute approximate surface area is 169 Å². The first-order valence-electron chi connectivity index (χ1n) is 9.18. The van der Waals surface area contributed by atoms with Crippen molar-refractivity contribution >= 4 is 23.2 Å². The highest BCUT2D eigenvalue weighted by molar-refractivity contribution is 6.30. The van der Waals surface area contributed by atoms with Gasteiger partial charge in [-0.3, -0.25) is 4.79 Å². The molecule has 1 fully saturated rings. The molecule has 1 saturated heterocycles. The molecule has 6 heteroatoms. The van der Waals surface area contributed by atoms with Crippen LogP contribution in [0.2, 0.25) is 5.02 Å². The molecule has 0 aliphatic carbocycles. The van der Waals surface area contributed by atoms with Crippen molar-refractivity contribution in [1.29, 1.82) is 0 Å². The van der Waals surface area contributed by atoms with Crippen molar-refractivity contribution in [3.8, 4) is 11.6 Å². The van der Waals surface area contributed by atoms with E-state index in [0.717, 1.165) is 23.8 Å². The van der Waals surface area contributed by atoms with Crippen LogP contribution in [0, 0.1) is 0 Å². The van der Waals surface area contributed by atoms with Gasteiger partial charge in [-0.1, -0.05) is 29.8 Å². The Balaban J connectivity index is 1.41. The van der Waals surface area contributed by atoms with E-state index in [1.54, 1.807) is 18.3 Å². The topological polar surface area (TPSA) is 45.7 Å². The summed E-state index contributed by atoms with van der Waals surface area (Å²) < 4.78 is 5.74. The molecular formula is C22H20ClN3O2. The van der Waals surface area contributed by atoms with Gasteiger partial charge in [-0.2, -0.15) is 0 Å². The van der Waals surface area contributed by atoms with Crippen molar-refractivity contribution in [3.63, 3.8) is 0 Å². The summed E-state index contributed by atoms with van der Waals surface area (Å²) in [5.74, 6) is 1.11. The second-order valence-corrected chi connectivity index (χ2v) is 6.99. The van der Waals surface area contributed by atoms with Gasteiger partial charge in [0, 0.05) is 54.7 Å². The standard InChI is InChI=1S/C22H20ClN3O2/c23-18-6-4-7-19(16-18)25-11-13-26(14-12-25)22(27)17-5-3-8-20(15-17)28-21-9-1-2-10-24-21/h1-10,15-16H,11-14H2. The van der Waals surface area contributed by atoms with E-state index in [2.05, 4.69) is 9.88 Å². The van der Waals surface area contributed by atoms with Crippen molar-refractivity contribution in [1.82, 2.24) is 9.88 Å². The molecule has 1 amide bonds. The van der Waals surface area contributed by atoms with Crippen molar-refractivity contribution in [2.75, 3.05) is 31.1 Å². The fourth-order valence-corrected chi connectivity index (χ4v) is 3.43. The minimum absolute atomic E-state index is 0.0113.